The minimum atomic E-state index is -0.121. The van der Waals surface area contributed by atoms with Gasteiger partial charge in [-0.2, -0.15) is 0 Å². The number of carbonyl (C=O) groups excluding carboxylic acids is 2. The number of rotatable bonds is 6. The van der Waals surface area contributed by atoms with Crippen LogP contribution < -0.4 is 5.32 Å². The highest BCUT2D eigenvalue weighted by Gasteiger charge is 2.21. The van der Waals surface area contributed by atoms with Gasteiger partial charge in [-0.25, -0.2) is 4.98 Å². The van der Waals surface area contributed by atoms with E-state index in [0.29, 0.717) is 11.7 Å². The highest BCUT2D eigenvalue weighted by Crippen LogP contribution is 2.24. The normalized spacial score (nSPS) is 14.2. The largest absolute Gasteiger partial charge is 0.332 e. The Balaban J connectivity index is 1.51. The fourth-order valence-electron chi connectivity index (χ4n) is 2.44. The van der Waals surface area contributed by atoms with Crippen molar-refractivity contribution in [1.29, 1.82) is 0 Å². The zero-order valence-corrected chi connectivity index (χ0v) is 16.1. The summed E-state index contributed by atoms with van der Waals surface area (Å²) in [6, 6.07) is 6.00. The van der Waals surface area contributed by atoms with Crippen LogP contribution in [0.2, 0.25) is 5.02 Å². The van der Waals surface area contributed by atoms with Crippen LogP contribution in [0, 0.1) is 6.92 Å². The van der Waals surface area contributed by atoms with Crippen molar-refractivity contribution in [3.63, 3.8) is 0 Å². The predicted octanol–water partition coefficient (Wildman–Crippen LogP) is 4.19. The topological polar surface area (TPSA) is 62.3 Å². The summed E-state index contributed by atoms with van der Waals surface area (Å²) in [4.78, 5) is 30.5. The summed E-state index contributed by atoms with van der Waals surface area (Å²) in [7, 11) is 0. The monoisotopic (exact) mass is 395 g/mol. The van der Waals surface area contributed by atoms with E-state index in [9.17, 15) is 9.59 Å². The number of nitrogens with zero attached hydrogens (tertiary/aromatic N) is 2. The van der Waals surface area contributed by atoms with Gasteiger partial charge in [0.25, 0.3) is 5.24 Å². The van der Waals surface area contributed by atoms with Crippen molar-refractivity contribution in [2.45, 2.75) is 19.8 Å². The van der Waals surface area contributed by atoms with Gasteiger partial charge in [0.2, 0.25) is 5.91 Å². The van der Waals surface area contributed by atoms with Crippen molar-refractivity contribution in [1.82, 2.24) is 9.88 Å². The Morgan fingerprint density at radius 1 is 1.44 bits per heavy atom. The van der Waals surface area contributed by atoms with Gasteiger partial charge in [-0.15, -0.1) is 11.3 Å². The number of amides is 2. The SMILES string of the molecule is Cc1ccc(Cc2cnc(NC(=O)CCN3CCSC3=O)s2)cc1Cl. The second-order valence-electron chi connectivity index (χ2n) is 5.79. The Labute approximate surface area is 159 Å². The zero-order valence-electron chi connectivity index (χ0n) is 13.8. The van der Waals surface area contributed by atoms with E-state index < -0.39 is 0 Å². The lowest BCUT2D eigenvalue weighted by atomic mass is 10.1. The van der Waals surface area contributed by atoms with Crippen LogP contribution in [0.5, 0.6) is 0 Å². The van der Waals surface area contributed by atoms with Crippen molar-refractivity contribution in [2.75, 3.05) is 24.2 Å². The molecule has 1 aromatic heterocycles. The molecule has 1 saturated heterocycles. The minimum absolute atomic E-state index is 0.0566. The Morgan fingerprint density at radius 2 is 2.28 bits per heavy atom. The lowest BCUT2D eigenvalue weighted by Gasteiger charge is -2.13. The molecule has 8 heteroatoms. The Kier molecular flexibility index (Phi) is 5.98. The number of nitrogens with one attached hydrogen (secondary N) is 1. The maximum atomic E-state index is 12.0. The highest BCUT2D eigenvalue weighted by atomic mass is 35.5. The maximum Gasteiger partial charge on any atom is 0.281 e. The summed E-state index contributed by atoms with van der Waals surface area (Å²) in [5.41, 5.74) is 2.17. The van der Waals surface area contributed by atoms with Gasteiger partial charge in [0.15, 0.2) is 5.13 Å². The van der Waals surface area contributed by atoms with E-state index in [2.05, 4.69) is 10.3 Å². The van der Waals surface area contributed by atoms with Gasteiger partial charge >= 0.3 is 0 Å². The molecule has 132 valence electrons. The van der Waals surface area contributed by atoms with Gasteiger partial charge in [0.05, 0.1) is 0 Å². The number of hydrogen-bond donors (Lipinski definition) is 1. The van der Waals surface area contributed by atoms with Gasteiger partial charge in [-0.3, -0.25) is 9.59 Å². The van der Waals surface area contributed by atoms with Crippen LogP contribution >= 0.6 is 34.7 Å². The quantitative estimate of drug-likeness (QED) is 0.796. The second-order valence-corrected chi connectivity index (χ2v) is 8.36. The van der Waals surface area contributed by atoms with E-state index in [4.69, 9.17) is 11.6 Å². The van der Waals surface area contributed by atoms with Crippen molar-refractivity contribution in [2.24, 2.45) is 0 Å². The van der Waals surface area contributed by atoms with Gasteiger partial charge in [-0.05, 0) is 24.1 Å². The number of halogens is 1. The molecule has 25 heavy (non-hydrogen) atoms. The molecule has 3 rings (SSSR count). The average molecular weight is 396 g/mol. The highest BCUT2D eigenvalue weighted by molar-refractivity contribution is 8.13. The zero-order chi connectivity index (χ0) is 17.8. The summed E-state index contributed by atoms with van der Waals surface area (Å²) in [6.07, 6.45) is 2.79. The van der Waals surface area contributed by atoms with Gasteiger partial charge < -0.3 is 10.2 Å². The van der Waals surface area contributed by atoms with Crippen LogP contribution in [0.4, 0.5) is 9.93 Å². The first-order valence-corrected chi connectivity index (χ1v) is 10.1. The molecule has 2 aromatic rings. The third-order valence-corrected chi connectivity index (χ3v) is 6.08. The van der Waals surface area contributed by atoms with Crippen molar-refractivity contribution in [3.8, 4) is 0 Å². The molecule has 0 spiro atoms. The van der Waals surface area contributed by atoms with Gasteiger partial charge in [0, 0.05) is 47.8 Å². The fraction of sp³-hybridized carbons (Fsp3) is 0.353. The summed E-state index contributed by atoms with van der Waals surface area (Å²) in [5.74, 6) is 0.684. The average Bonchev–Trinajstić information content (AvgIpc) is 3.18. The summed E-state index contributed by atoms with van der Waals surface area (Å²) in [5, 5.41) is 4.20. The molecule has 1 fully saturated rings. The van der Waals surface area contributed by atoms with Crippen LogP contribution in [-0.4, -0.2) is 39.9 Å². The lowest BCUT2D eigenvalue weighted by molar-refractivity contribution is -0.116. The van der Waals surface area contributed by atoms with Crippen LogP contribution in [0.3, 0.4) is 0 Å². The van der Waals surface area contributed by atoms with Gasteiger partial charge in [0.1, 0.15) is 0 Å². The fourth-order valence-corrected chi connectivity index (χ4v) is 4.36. The Bertz CT molecular complexity index is 794. The number of anilines is 1. The first kappa shape index (κ1) is 18.2. The van der Waals surface area contributed by atoms with E-state index in [-0.39, 0.29) is 17.6 Å². The number of carbonyl (C=O) groups is 2. The predicted molar refractivity (Wildman–Crippen MR) is 104 cm³/mol. The van der Waals surface area contributed by atoms with E-state index in [1.165, 1.54) is 23.1 Å². The van der Waals surface area contributed by atoms with Crippen molar-refractivity contribution < 1.29 is 9.59 Å². The molecule has 5 nitrogen and oxygen atoms in total. The third-order valence-electron chi connectivity index (χ3n) is 3.87. The molecule has 2 amide bonds. The molecule has 2 heterocycles. The van der Waals surface area contributed by atoms with Crippen LogP contribution in [-0.2, 0) is 11.2 Å². The first-order chi connectivity index (χ1) is 12.0. The summed E-state index contributed by atoms with van der Waals surface area (Å²) >= 11 is 8.91. The Hall–Kier alpha value is -1.57. The third kappa shape index (κ3) is 4.96. The standard InChI is InChI=1S/C17H18ClN3O2S2/c1-11-2-3-12(9-14(11)18)8-13-10-19-16(25-13)20-15(22)4-5-21-6-7-24-17(21)23/h2-3,9-10H,4-8H2,1H3,(H,19,20,22). The smallest absolute Gasteiger partial charge is 0.281 e. The minimum Gasteiger partial charge on any atom is -0.332 e. The molecule has 0 radical (unpaired) electrons. The van der Waals surface area contributed by atoms with E-state index >= 15 is 0 Å². The number of hydrogen-bond acceptors (Lipinski definition) is 5. The first-order valence-electron chi connectivity index (χ1n) is 7.92. The number of aryl methyl sites for hydroxylation is 1. The van der Waals surface area contributed by atoms with E-state index in [1.54, 1.807) is 11.1 Å². The molecule has 0 saturated carbocycles. The second kappa shape index (κ2) is 8.21. The van der Waals surface area contributed by atoms with Gasteiger partial charge in [-0.1, -0.05) is 35.5 Å². The molecular weight excluding hydrogens is 378 g/mol. The lowest BCUT2D eigenvalue weighted by Crippen LogP contribution is -2.27. The molecule has 0 aliphatic carbocycles. The molecule has 1 aliphatic heterocycles. The Morgan fingerprint density at radius 3 is 3.00 bits per heavy atom. The number of aromatic nitrogens is 1. The molecular formula is C17H18ClN3O2S2. The number of benzene rings is 1. The van der Waals surface area contributed by atoms with Crippen molar-refractivity contribution >= 4 is 51.0 Å². The van der Waals surface area contributed by atoms with Crippen molar-refractivity contribution in [3.05, 3.63) is 45.4 Å². The summed E-state index contributed by atoms with van der Waals surface area (Å²) < 4.78 is 0. The maximum absolute atomic E-state index is 12.0. The van der Waals surface area contributed by atoms with E-state index in [1.807, 2.05) is 25.1 Å². The summed E-state index contributed by atoms with van der Waals surface area (Å²) in [6.45, 7) is 3.15. The number of thioether (sulfide) groups is 1. The van der Waals surface area contributed by atoms with Crippen LogP contribution in [0.25, 0.3) is 0 Å². The van der Waals surface area contributed by atoms with Crippen LogP contribution in [0.1, 0.15) is 22.4 Å². The molecule has 1 aliphatic rings. The molecule has 1 aromatic carbocycles. The molecule has 0 bridgehead atoms. The number of thiazole rings is 1. The van der Waals surface area contributed by atoms with E-state index in [0.717, 1.165) is 39.7 Å². The van der Waals surface area contributed by atoms with Crippen LogP contribution in [0.15, 0.2) is 24.4 Å². The molecule has 0 atom stereocenters. The molecule has 0 unspecified atom stereocenters. The molecule has 1 N–H and O–H groups in total.